The van der Waals surface area contributed by atoms with Crippen LogP contribution >= 0.6 is 12.4 Å². The highest BCUT2D eigenvalue weighted by atomic mass is 35.5. The van der Waals surface area contributed by atoms with Crippen LogP contribution in [-0.2, 0) is 9.59 Å². The third kappa shape index (κ3) is 7.43. The molecule has 0 aliphatic carbocycles. The first-order chi connectivity index (χ1) is 9.92. The van der Waals surface area contributed by atoms with Crippen molar-refractivity contribution in [3.8, 4) is 0 Å². The lowest BCUT2D eigenvalue weighted by Crippen LogP contribution is -2.37. The van der Waals surface area contributed by atoms with Gasteiger partial charge in [-0.05, 0) is 36.6 Å². The van der Waals surface area contributed by atoms with Crippen LogP contribution in [0, 0.1) is 0 Å². The monoisotopic (exact) mass is 328 g/mol. The number of nitrogens with one attached hydrogen (secondary N) is 1. The highest BCUT2D eigenvalue weighted by Gasteiger charge is 2.13. The van der Waals surface area contributed by atoms with Crippen LogP contribution in [0.5, 0.6) is 0 Å². The van der Waals surface area contributed by atoms with Gasteiger partial charge < -0.3 is 10.4 Å². The molecule has 0 saturated heterocycles. The van der Waals surface area contributed by atoms with Gasteiger partial charge in [0.2, 0.25) is 5.91 Å². The molecule has 0 heterocycles. The number of halogens is 1. The van der Waals surface area contributed by atoms with Crippen LogP contribution in [0.25, 0.3) is 0 Å². The van der Waals surface area contributed by atoms with Gasteiger partial charge in [-0.2, -0.15) is 0 Å². The van der Waals surface area contributed by atoms with E-state index in [1.54, 1.807) is 4.90 Å². The molecule has 0 aliphatic heterocycles. The number of hydrogen-bond donors (Lipinski definition) is 2. The van der Waals surface area contributed by atoms with Crippen molar-refractivity contribution in [3.05, 3.63) is 29.8 Å². The van der Waals surface area contributed by atoms with Gasteiger partial charge in [0, 0.05) is 5.69 Å². The Labute approximate surface area is 138 Å². The number of carbonyl (C=O) groups is 2. The predicted octanol–water partition coefficient (Wildman–Crippen LogP) is 2.97. The number of anilines is 1. The van der Waals surface area contributed by atoms with E-state index in [4.69, 9.17) is 5.11 Å². The minimum absolute atomic E-state index is 0. The highest BCUT2D eigenvalue weighted by molar-refractivity contribution is 5.92. The number of carboxylic acid groups (broad SMARTS) is 1. The molecule has 0 bridgehead atoms. The van der Waals surface area contributed by atoms with Crippen molar-refractivity contribution in [1.29, 1.82) is 0 Å². The molecular weight excluding hydrogens is 304 g/mol. The Balaban J connectivity index is 0.00000441. The normalized spacial score (nSPS) is 10.4. The molecule has 124 valence electrons. The Kier molecular flexibility index (Phi) is 9.45. The summed E-state index contributed by atoms with van der Waals surface area (Å²) in [5.74, 6) is -0.662. The highest BCUT2D eigenvalue weighted by Crippen LogP contribution is 2.17. The van der Waals surface area contributed by atoms with Crippen LogP contribution in [0.15, 0.2) is 24.3 Å². The van der Waals surface area contributed by atoms with E-state index in [1.165, 1.54) is 5.56 Å². The van der Waals surface area contributed by atoms with E-state index >= 15 is 0 Å². The molecule has 0 spiro atoms. The summed E-state index contributed by atoms with van der Waals surface area (Å²) in [5, 5.41) is 11.6. The lowest BCUT2D eigenvalue weighted by Gasteiger charge is -2.18. The summed E-state index contributed by atoms with van der Waals surface area (Å²) in [4.78, 5) is 24.3. The zero-order valence-electron chi connectivity index (χ0n) is 13.3. The van der Waals surface area contributed by atoms with Crippen LogP contribution < -0.4 is 5.32 Å². The number of amides is 1. The molecule has 0 aliphatic rings. The van der Waals surface area contributed by atoms with E-state index in [0.717, 1.165) is 12.1 Å². The van der Waals surface area contributed by atoms with Gasteiger partial charge in [-0.15, -0.1) is 12.4 Å². The Morgan fingerprint density at radius 3 is 2.23 bits per heavy atom. The van der Waals surface area contributed by atoms with Gasteiger partial charge >= 0.3 is 5.97 Å². The molecule has 22 heavy (non-hydrogen) atoms. The van der Waals surface area contributed by atoms with E-state index in [1.807, 2.05) is 31.2 Å². The average Bonchev–Trinajstić information content (AvgIpc) is 2.38. The molecular formula is C16H25ClN2O3. The first-order valence-electron chi connectivity index (χ1n) is 7.26. The average molecular weight is 329 g/mol. The third-order valence-electron chi connectivity index (χ3n) is 3.13. The second-order valence-corrected chi connectivity index (χ2v) is 5.43. The summed E-state index contributed by atoms with van der Waals surface area (Å²) < 4.78 is 0. The largest absolute Gasteiger partial charge is 0.480 e. The van der Waals surface area contributed by atoms with Crippen molar-refractivity contribution in [2.24, 2.45) is 0 Å². The third-order valence-corrected chi connectivity index (χ3v) is 3.13. The molecule has 5 nitrogen and oxygen atoms in total. The molecule has 1 rings (SSSR count). The topological polar surface area (TPSA) is 69.6 Å². The molecule has 0 unspecified atom stereocenters. The number of carbonyl (C=O) groups excluding carboxylic acids is 1. The van der Waals surface area contributed by atoms with E-state index in [9.17, 15) is 9.59 Å². The fraction of sp³-hybridized carbons (Fsp3) is 0.500. The van der Waals surface area contributed by atoms with Crippen molar-refractivity contribution in [3.63, 3.8) is 0 Å². The number of rotatable bonds is 8. The Morgan fingerprint density at radius 1 is 1.18 bits per heavy atom. The standard InChI is InChI=1S/C16H24N2O3.ClH/c1-4-9-18(11-16(20)21)10-15(19)17-14-7-5-13(6-8-14)12(2)3;/h5-8,12H,4,9-11H2,1-3H3,(H,17,19)(H,20,21);1H. The number of aliphatic carboxylic acids is 1. The van der Waals surface area contributed by atoms with Gasteiger partial charge in [-0.25, -0.2) is 0 Å². The Morgan fingerprint density at radius 2 is 1.77 bits per heavy atom. The maximum atomic E-state index is 12.0. The molecule has 2 N–H and O–H groups in total. The fourth-order valence-corrected chi connectivity index (χ4v) is 2.08. The summed E-state index contributed by atoms with van der Waals surface area (Å²) in [6.45, 7) is 6.74. The Bertz CT molecular complexity index is 475. The van der Waals surface area contributed by atoms with Gasteiger partial charge in [-0.3, -0.25) is 14.5 Å². The smallest absolute Gasteiger partial charge is 0.317 e. The molecule has 1 aromatic carbocycles. The number of carboxylic acids is 1. The molecule has 0 saturated carbocycles. The van der Waals surface area contributed by atoms with Crippen LogP contribution in [0.2, 0.25) is 0 Å². The minimum Gasteiger partial charge on any atom is -0.480 e. The lowest BCUT2D eigenvalue weighted by atomic mass is 10.0. The van der Waals surface area contributed by atoms with Gasteiger partial charge in [0.1, 0.15) is 0 Å². The first-order valence-corrected chi connectivity index (χ1v) is 7.26. The maximum absolute atomic E-state index is 12.0. The zero-order valence-corrected chi connectivity index (χ0v) is 14.2. The fourth-order valence-electron chi connectivity index (χ4n) is 2.08. The summed E-state index contributed by atoms with van der Waals surface area (Å²) in [7, 11) is 0. The molecule has 0 aromatic heterocycles. The van der Waals surface area contributed by atoms with E-state index in [-0.39, 0.29) is 31.4 Å². The molecule has 0 fully saturated rings. The summed E-state index contributed by atoms with van der Waals surface area (Å²) in [6.07, 6.45) is 0.809. The van der Waals surface area contributed by atoms with Crippen LogP contribution in [0.4, 0.5) is 5.69 Å². The van der Waals surface area contributed by atoms with Crippen molar-refractivity contribution in [1.82, 2.24) is 4.90 Å². The molecule has 1 amide bonds. The van der Waals surface area contributed by atoms with Crippen molar-refractivity contribution in [2.45, 2.75) is 33.1 Å². The molecule has 0 atom stereocenters. The summed E-state index contributed by atoms with van der Waals surface area (Å²) in [5.41, 5.74) is 1.95. The number of benzene rings is 1. The van der Waals surface area contributed by atoms with Crippen molar-refractivity contribution in [2.75, 3.05) is 25.0 Å². The van der Waals surface area contributed by atoms with Crippen LogP contribution in [-0.4, -0.2) is 41.5 Å². The maximum Gasteiger partial charge on any atom is 0.317 e. The van der Waals surface area contributed by atoms with E-state index in [2.05, 4.69) is 19.2 Å². The molecule has 1 aromatic rings. The second kappa shape index (κ2) is 10.2. The Hall–Kier alpha value is -1.59. The SMILES string of the molecule is CCCN(CC(=O)O)CC(=O)Nc1ccc(C(C)C)cc1.Cl. The van der Waals surface area contributed by atoms with Gasteiger partial charge in [0.05, 0.1) is 13.1 Å². The van der Waals surface area contributed by atoms with Gasteiger partial charge in [-0.1, -0.05) is 32.9 Å². The first kappa shape index (κ1) is 20.4. The van der Waals surface area contributed by atoms with E-state index < -0.39 is 5.97 Å². The summed E-state index contributed by atoms with van der Waals surface area (Å²) in [6, 6.07) is 7.71. The minimum atomic E-state index is -0.919. The van der Waals surface area contributed by atoms with Crippen LogP contribution in [0.1, 0.15) is 38.7 Å². The number of hydrogen-bond acceptors (Lipinski definition) is 3. The number of nitrogens with zero attached hydrogens (tertiary/aromatic N) is 1. The molecule has 6 heteroatoms. The summed E-state index contributed by atoms with van der Waals surface area (Å²) >= 11 is 0. The van der Waals surface area contributed by atoms with E-state index in [0.29, 0.717) is 12.5 Å². The lowest BCUT2D eigenvalue weighted by molar-refractivity contribution is -0.138. The zero-order chi connectivity index (χ0) is 15.8. The van der Waals surface area contributed by atoms with Gasteiger partial charge in [0.25, 0.3) is 0 Å². The predicted molar refractivity (Wildman–Crippen MR) is 90.8 cm³/mol. The second-order valence-electron chi connectivity index (χ2n) is 5.43. The van der Waals surface area contributed by atoms with Gasteiger partial charge in [0.15, 0.2) is 0 Å². The van der Waals surface area contributed by atoms with Crippen molar-refractivity contribution < 1.29 is 14.7 Å². The molecule has 0 radical (unpaired) electrons. The quantitative estimate of drug-likeness (QED) is 0.769. The van der Waals surface area contributed by atoms with Crippen molar-refractivity contribution >= 4 is 30.0 Å². The van der Waals surface area contributed by atoms with Crippen LogP contribution in [0.3, 0.4) is 0 Å².